The van der Waals surface area contributed by atoms with Gasteiger partial charge in [-0.05, 0) is 41.1 Å². The molecule has 5 heterocycles. The van der Waals surface area contributed by atoms with E-state index < -0.39 is 0 Å². The number of H-pyrrole nitrogens is 1. The number of para-hydroxylation sites is 1. The molecule has 0 amide bonds. The first kappa shape index (κ1) is 26.7. The van der Waals surface area contributed by atoms with Crippen molar-refractivity contribution in [2.24, 2.45) is 0 Å². The molecule has 0 radical (unpaired) electrons. The molecule has 0 aliphatic rings. The Morgan fingerprint density at radius 1 is 0.553 bits per heavy atom. The van der Waals surface area contributed by atoms with E-state index >= 15 is 0 Å². The molecule has 7 aromatic rings. The van der Waals surface area contributed by atoms with E-state index in [2.05, 4.69) is 76.4 Å². The third kappa shape index (κ3) is 10.2. The average molecular weight is 508 g/mol. The first-order chi connectivity index (χ1) is 18.8. The molecule has 0 saturated heterocycles. The highest BCUT2D eigenvalue weighted by atomic mass is 15.3. The van der Waals surface area contributed by atoms with E-state index in [0.717, 1.165) is 27.5 Å². The molecule has 0 atom stereocenters. The van der Waals surface area contributed by atoms with Gasteiger partial charge in [-0.15, -0.1) is 25.5 Å². The van der Waals surface area contributed by atoms with Gasteiger partial charge in [-0.1, -0.05) is 30.3 Å². The normalized spacial score (nSPS) is 9.18. The van der Waals surface area contributed by atoms with Gasteiger partial charge in [0, 0.05) is 11.6 Å². The molecule has 2 aromatic carbocycles. The number of hydrogen-bond acceptors (Lipinski definition) is 14. The van der Waals surface area contributed by atoms with Gasteiger partial charge in [-0.25, -0.2) is 19.9 Å². The van der Waals surface area contributed by atoms with Crippen molar-refractivity contribution in [1.82, 2.24) is 76.4 Å². The Labute approximate surface area is 215 Å². The lowest BCUT2D eigenvalue weighted by Crippen LogP contribution is -1.85. The molecule has 0 unspecified atom stereocenters. The van der Waals surface area contributed by atoms with Gasteiger partial charge in [-0.2, -0.15) is 20.5 Å². The van der Waals surface area contributed by atoms with Crippen LogP contribution in [0.1, 0.15) is 5.56 Å². The summed E-state index contributed by atoms with van der Waals surface area (Å²) < 4.78 is 0. The third-order valence-corrected chi connectivity index (χ3v) is 4.10. The predicted molar refractivity (Wildman–Crippen MR) is 135 cm³/mol. The summed E-state index contributed by atoms with van der Waals surface area (Å²) in [5, 5.41) is 39.5. The smallest absolute Gasteiger partial charge is 0.138 e. The van der Waals surface area contributed by atoms with Crippen LogP contribution in [0.25, 0.3) is 21.9 Å². The maximum absolute atomic E-state index is 3.98. The van der Waals surface area contributed by atoms with E-state index in [1.165, 1.54) is 31.5 Å². The van der Waals surface area contributed by atoms with Gasteiger partial charge in [-0.3, -0.25) is 0 Å². The van der Waals surface area contributed by atoms with Crippen LogP contribution in [0, 0.1) is 6.92 Å². The number of fused-ring (bicyclic) bond motifs is 2. The first-order valence-electron chi connectivity index (χ1n) is 10.8. The fourth-order valence-corrected chi connectivity index (χ4v) is 2.47. The summed E-state index contributed by atoms with van der Waals surface area (Å²) in [5.74, 6) is 0. The van der Waals surface area contributed by atoms with Gasteiger partial charge in [0.05, 0.1) is 30.3 Å². The number of benzene rings is 2. The minimum atomic E-state index is 0.887. The van der Waals surface area contributed by atoms with E-state index in [1.54, 1.807) is 30.9 Å². The third-order valence-electron chi connectivity index (χ3n) is 4.10. The van der Waals surface area contributed by atoms with Crippen molar-refractivity contribution in [3.63, 3.8) is 0 Å². The van der Waals surface area contributed by atoms with Crippen LogP contribution in [0.15, 0.2) is 105 Å². The van der Waals surface area contributed by atoms with Crippen LogP contribution in [0.2, 0.25) is 0 Å². The second kappa shape index (κ2) is 16.7. The highest BCUT2D eigenvalue weighted by molar-refractivity contribution is 5.77. The molecular weight excluding hydrogens is 486 g/mol. The minimum Gasteiger partial charge on any atom is -0.241 e. The topological polar surface area (TPSA) is 196 Å². The zero-order valence-electron chi connectivity index (χ0n) is 20.1. The molecule has 0 spiro atoms. The molecular formula is C23H21N15. The summed E-state index contributed by atoms with van der Waals surface area (Å²) >= 11 is 0. The van der Waals surface area contributed by atoms with Crippen molar-refractivity contribution in [3.8, 4) is 0 Å². The van der Waals surface area contributed by atoms with Gasteiger partial charge in [0.25, 0.3) is 0 Å². The van der Waals surface area contributed by atoms with E-state index in [-0.39, 0.29) is 0 Å². The summed E-state index contributed by atoms with van der Waals surface area (Å²) in [6.07, 6.45) is 13.7. The van der Waals surface area contributed by atoms with Crippen molar-refractivity contribution >= 4 is 21.9 Å². The molecule has 38 heavy (non-hydrogen) atoms. The Balaban J connectivity index is 0.000000135. The second-order valence-electron chi connectivity index (χ2n) is 6.66. The van der Waals surface area contributed by atoms with Gasteiger partial charge in [0.2, 0.25) is 0 Å². The summed E-state index contributed by atoms with van der Waals surface area (Å²) in [5.41, 5.74) is 3.94. The lowest BCUT2D eigenvalue weighted by atomic mass is 10.2. The predicted octanol–water partition coefficient (Wildman–Crippen LogP) is 1.91. The van der Waals surface area contributed by atoms with Crippen molar-refractivity contribution in [2.75, 3.05) is 0 Å². The van der Waals surface area contributed by atoms with Crippen LogP contribution in [-0.2, 0) is 0 Å². The van der Waals surface area contributed by atoms with Gasteiger partial charge in [0.15, 0.2) is 0 Å². The monoisotopic (exact) mass is 507 g/mol. The standard InChI is InChI=1S/C7H7N3.C7H5N3.3C3H3N3/c1-5-3-2-4-6-7(5)9-10-8-6;1-2-4-7-6(3-1)5-8-10-9-7;1-4-2-6-3-5-1;1-2-5-6-3-4-1;1-2-4-6-5-3-1/h2-4H,1H3,(H,8,9,10);1-5H;3*1-3H. The fourth-order valence-electron chi connectivity index (χ4n) is 2.47. The molecule has 0 saturated carbocycles. The minimum absolute atomic E-state index is 0.887. The lowest BCUT2D eigenvalue weighted by Gasteiger charge is -1.89. The first-order valence-corrected chi connectivity index (χ1v) is 10.8. The van der Waals surface area contributed by atoms with Crippen LogP contribution in [-0.4, -0.2) is 76.4 Å². The number of aryl methyl sites for hydroxylation is 1. The Hall–Kier alpha value is -5.86. The van der Waals surface area contributed by atoms with E-state index in [1.807, 2.05) is 49.4 Å². The van der Waals surface area contributed by atoms with E-state index in [9.17, 15) is 0 Å². The van der Waals surface area contributed by atoms with Gasteiger partial charge >= 0.3 is 0 Å². The second-order valence-corrected chi connectivity index (χ2v) is 6.66. The molecule has 0 aliphatic heterocycles. The van der Waals surface area contributed by atoms with Crippen LogP contribution in [0.3, 0.4) is 0 Å². The molecule has 0 fully saturated rings. The summed E-state index contributed by atoms with van der Waals surface area (Å²) in [6.45, 7) is 2.02. The molecule has 7 rings (SSSR count). The highest BCUT2D eigenvalue weighted by Gasteiger charge is 1.97. The lowest BCUT2D eigenvalue weighted by molar-refractivity contribution is 0.865. The zero-order chi connectivity index (χ0) is 26.5. The van der Waals surface area contributed by atoms with E-state index in [0.29, 0.717) is 0 Å². The maximum atomic E-state index is 3.98. The SMILES string of the molecule is Cc1cccc2n[nH]nc12.c1ccc2nnncc2c1.c1cnncn1.c1cnnnc1.c1ncncn1. The highest BCUT2D eigenvalue weighted by Crippen LogP contribution is 2.10. The van der Waals surface area contributed by atoms with Crippen LogP contribution < -0.4 is 0 Å². The summed E-state index contributed by atoms with van der Waals surface area (Å²) in [4.78, 5) is 14.3. The number of aromatic nitrogens is 15. The van der Waals surface area contributed by atoms with Crippen molar-refractivity contribution < 1.29 is 0 Å². The zero-order valence-corrected chi connectivity index (χ0v) is 20.1. The Kier molecular flexibility index (Phi) is 11.8. The van der Waals surface area contributed by atoms with Crippen LogP contribution in [0.4, 0.5) is 0 Å². The Bertz CT molecular complexity index is 1310. The molecule has 5 aromatic heterocycles. The number of rotatable bonds is 0. The van der Waals surface area contributed by atoms with Gasteiger partial charge < -0.3 is 0 Å². The maximum Gasteiger partial charge on any atom is 0.138 e. The van der Waals surface area contributed by atoms with Crippen molar-refractivity contribution in [3.05, 3.63) is 110 Å². The van der Waals surface area contributed by atoms with Crippen LogP contribution >= 0.6 is 0 Å². The molecule has 188 valence electrons. The Morgan fingerprint density at radius 3 is 1.84 bits per heavy atom. The number of nitrogens with one attached hydrogen (secondary N) is 1. The molecule has 15 heteroatoms. The number of aromatic amines is 1. The number of nitrogens with zero attached hydrogens (tertiary/aromatic N) is 14. The summed E-state index contributed by atoms with van der Waals surface area (Å²) in [6, 6.07) is 15.4. The molecule has 0 aliphatic carbocycles. The van der Waals surface area contributed by atoms with Crippen molar-refractivity contribution in [1.29, 1.82) is 0 Å². The quantitative estimate of drug-likeness (QED) is 0.312. The van der Waals surface area contributed by atoms with Crippen molar-refractivity contribution in [2.45, 2.75) is 6.92 Å². The molecule has 1 N–H and O–H groups in total. The Morgan fingerprint density at radius 2 is 1.32 bits per heavy atom. The largest absolute Gasteiger partial charge is 0.241 e. The van der Waals surface area contributed by atoms with Gasteiger partial charge in [0.1, 0.15) is 36.3 Å². The molecule has 15 nitrogen and oxygen atoms in total. The molecule has 0 bridgehead atoms. The average Bonchev–Trinajstić information content (AvgIpc) is 3.52. The number of hydrogen-bond donors (Lipinski definition) is 1. The van der Waals surface area contributed by atoms with Crippen LogP contribution in [0.5, 0.6) is 0 Å². The van der Waals surface area contributed by atoms with E-state index in [4.69, 9.17) is 0 Å². The fraction of sp³-hybridized carbons (Fsp3) is 0.0435. The summed E-state index contributed by atoms with van der Waals surface area (Å²) in [7, 11) is 0.